The van der Waals surface area contributed by atoms with Gasteiger partial charge in [-0.2, -0.15) is 4.98 Å². The number of halogens is 1. The molecule has 18 heteroatoms. The number of amides is 2. The van der Waals surface area contributed by atoms with Gasteiger partial charge in [0.05, 0.1) is 131 Å². The average molecular weight is 868 g/mol. The maximum Gasteiger partial charge on any atom is 0.298 e. The molecule has 7 rings (SSSR count). The van der Waals surface area contributed by atoms with E-state index < -0.39 is 0 Å². The van der Waals surface area contributed by atoms with Crippen molar-refractivity contribution in [3.05, 3.63) is 65.6 Å². The van der Waals surface area contributed by atoms with Crippen molar-refractivity contribution in [2.75, 3.05) is 155 Å². The molecule has 2 aromatic carbocycles. The number of carbonyl (C=O) groups is 2. The summed E-state index contributed by atoms with van der Waals surface area (Å²) in [6.07, 6.45) is 3.34. The highest BCUT2D eigenvalue weighted by molar-refractivity contribution is 6.12. The van der Waals surface area contributed by atoms with Crippen LogP contribution in [0.4, 0.5) is 16.1 Å². The Hall–Kier alpha value is -4.50. The van der Waals surface area contributed by atoms with Gasteiger partial charge in [0, 0.05) is 73.6 Å². The number of anilines is 2. The number of imide groups is 1. The smallest absolute Gasteiger partial charge is 0.298 e. The van der Waals surface area contributed by atoms with Gasteiger partial charge in [0.2, 0.25) is 0 Å². The summed E-state index contributed by atoms with van der Waals surface area (Å²) in [7, 11) is 0. The number of benzene rings is 2. The predicted molar refractivity (Wildman–Crippen MR) is 226 cm³/mol. The van der Waals surface area contributed by atoms with Gasteiger partial charge >= 0.3 is 0 Å². The number of carbonyl (C=O) groups excluding carboxylic acids is 2. The van der Waals surface area contributed by atoms with E-state index >= 15 is 0 Å². The lowest BCUT2D eigenvalue weighted by Crippen LogP contribution is -2.36. The Kier molecular flexibility index (Phi) is 17.9. The fourth-order valence-corrected chi connectivity index (χ4v) is 7.49. The first kappa shape index (κ1) is 45.5. The second kappa shape index (κ2) is 24.4. The molecule has 0 unspecified atom stereocenters. The van der Waals surface area contributed by atoms with Crippen LogP contribution in [0.2, 0.25) is 0 Å². The van der Waals surface area contributed by atoms with Gasteiger partial charge < -0.3 is 61.4 Å². The van der Waals surface area contributed by atoms with Gasteiger partial charge in [-0.25, -0.2) is 4.39 Å². The van der Waals surface area contributed by atoms with E-state index in [4.69, 9.17) is 52.0 Å². The molecule has 0 bridgehead atoms. The third-order valence-electron chi connectivity index (χ3n) is 10.6. The zero-order valence-electron chi connectivity index (χ0n) is 35.3. The molecule has 1 saturated heterocycles. The number of oxazole rings is 1. The Labute approximate surface area is 360 Å². The molecule has 2 aromatic heterocycles. The first-order valence-corrected chi connectivity index (χ1v) is 21.5. The van der Waals surface area contributed by atoms with Gasteiger partial charge in [-0.15, -0.1) is 0 Å². The third-order valence-corrected chi connectivity index (χ3v) is 10.6. The van der Waals surface area contributed by atoms with Crippen molar-refractivity contribution in [1.82, 2.24) is 14.5 Å². The molecule has 17 nitrogen and oxygen atoms in total. The highest BCUT2D eigenvalue weighted by atomic mass is 19.1. The molecule has 62 heavy (non-hydrogen) atoms. The number of hydrogen-bond donors (Lipinski definition) is 0. The fourth-order valence-electron chi connectivity index (χ4n) is 7.49. The van der Waals surface area contributed by atoms with Gasteiger partial charge in [0.25, 0.3) is 17.8 Å². The summed E-state index contributed by atoms with van der Waals surface area (Å²) < 4.78 is 72.8. The molecular formula is C44H58FN5O12. The van der Waals surface area contributed by atoms with Crippen LogP contribution < -0.4 is 9.80 Å². The monoisotopic (exact) mass is 867 g/mol. The molecule has 0 spiro atoms. The van der Waals surface area contributed by atoms with Crippen LogP contribution in [0.1, 0.15) is 11.3 Å². The van der Waals surface area contributed by atoms with Crippen LogP contribution in [0.25, 0.3) is 22.0 Å². The van der Waals surface area contributed by atoms with Crippen molar-refractivity contribution < 1.29 is 61.0 Å². The molecule has 0 radical (unpaired) electrons. The number of ether oxygens (including phenoxy) is 9. The van der Waals surface area contributed by atoms with Gasteiger partial charge in [0.15, 0.2) is 5.58 Å². The highest BCUT2D eigenvalue weighted by Crippen LogP contribution is 2.35. The van der Waals surface area contributed by atoms with E-state index in [9.17, 15) is 14.0 Å². The first-order chi connectivity index (χ1) is 30.5. The largest absolute Gasteiger partial charge is 0.423 e. The minimum Gasteiger partial charge on any atom is -0.423 e. The van der Waals surface area contributed by atoms with E-state index in [2.05, 4.69) is 26.5 Å². The number of fused-ring (bicyclic) bond motifs is 4. The molecule has 1 fully saturated rings. The third kappa shape index (κ3) is 13.0. The topological polar surface area (TPSA) is 158 Å². The van der Waals surface area contributed by atoms with Crippen LogP contribution in [-0.2, 0) is 71.7 Å². The summed E-state index contributed by atoms with van der Waals surface area (Å²) in [6, 6.07) is 11.9. The van der Waals surface area contributed by atoms with Crippen LogP contribution in [0.15, 0.2) is 53.0 Å². The van der Waals surface area contributed by atoms with Crippen LogP contribution in [0, 0.1) is 5.82 Å². The van der Waals surface area contributed by atoms with Crippen molar-refractivity contribution in [3.63, 3.8) is 0 Å². The van der Waals surface area contributed by atoms with Crippen molar-refractivity contribution in [2.45, 2.75) is 19.5 Å². The summed E-state index contributed by atoms with van der Waals surface area (Å²) >= 11 is 0. The summed E-state index contributed by atoms with van der Waals surface area (Å²) in [5, 5.41) is 1.07. The number of aromatic nitrogens is 2. The average Bonchev–Trinajstić information content (AvgIpc) is 3.96. The Morgan fingerprint density at radius 2 is 1.16 bits per heavy atom. The summed E-state index contributed by atoms with van der Waals surface area (Å²) in [6.45, 7) is 12.2. The lowest BCUT2D eigenvalue weighted by Gasteiger charge is -2.30. The van der Waals surface area contributed by atoms with Crippen LogP contribution in [0.3, 0.4) is 0 Å². The van der Waals surface area contributed by atoms with Crippen LogP contribution >= 0.6 is 0 Å². The molecule has 3 aliphatic rings. The molecular weight excluding hydrogens is 810 g/mol. The Morgan fingerprint density at radius 3 is 1.74 bits per heavy atom. The molecule has 0 saturated carbocycles. The Morgan fingerprint density at radius 1 is 0.613 bits per heavy atom. The van der Waals surface area contributed by atoms with Crippen molar-refractivity contribution >= 4 is 45.5 Å². The lowest BCUT2D eigenvalue weighted by atomic mass is 10.0. The maximum absolute atomic E-state index is 14.5. The molecule has 3 aliphatic heterocycles. The van der Waals surface area contributed by atoms with E-state index in [0.29, 0.717) is 131 Å². The summed E-state index contributed by atoms with van der Waals surface area (Å²) in [4.78, 5) is 33.3. The number of morpholine rings is 1. The Balaban J connectivity index is 0.678. The van der Waals surface area contributed by atoms with Crippen LogP contribution in [0.5, 0.6) is 0 Å². The SMILES string of the molecule is O=C1C=CC(=O)N1CCOCCOCCOCCOCCOCCOCCOCCOCCn1c2c(c3ccc(F)cc31)CN(c1ccc3oc(N4CCOCC4)nc3c1)CC2. The van der Waals surface area contributed by atoms with Gasteiger partial charge in [-0.05, 0) is 36.4 Å². The molecule has 0 N–H and O–H groups in total. The fraction of sp³-hybridized carbons (Fsp3) is 0.568. The normalized spacial score (nSPS) is 15.6. The van der Waals surface area contributed by atoms with Gasteiger partial charge in [-0.3, -0.25) is 14.5 Å². The first-order valence-electron chi connectivity index (χ1n) is 21.5. The standard InChI is InChI=1S/C44H58FN5O12/c45-34-1-3-36-37-33-48(35-2-4-41-38(32-35)46-44(62-41)47-9-13-53-14-10-47)8-7-39(37)49(40(36)31-34)11-15-54-17-19-56-21-23-58-25-27-60-29-30-61-28-26-59-24-22-57-20-18-55-16-12-50-42(51)5-6-43(50)52/h1-6,31-32H,7-30,33H2. The molecule has 4 aromatic rings. The predicted octanol–water partition coefficient (Wildman–Crippen LogP) is 3.38. The van der Waals surface area contributed by atoms with Gasteiger partial charge in [0.1, 0.15) is 11.3 Å². The summed E-state index contributed by atoms with van der Waals surface area (Å²) in [5.41, 5.74) is 6.02. The number of nitrogens with zero attached hydrogens (tertiary/aromatic N) is 5. The molecule has 2 amide bonds. The number of hydrogen-bond acceptors (Lipinski definition) is 15. The van der Waals surface area contributed by atoms with E-state index in [0.717, 1.165) is 58.6 Å². The maximum atomic E-state index is 14.5. The summed E-state index contributed by atoms with van der Waals surface area (Å²) in [5.74, 6) is -0.874. The minimum absolute atomic E-state index is 0.232. The van der Waals surface area contributed by atoms with E-state index in [-0.39, 0.29) is 30.8 Å². The van der Waals surface area contributed by atoms with Crippen molar-refractivity contribution in [3.8, 4) is 0 Å². The van der Waals surface area contributed by atoms with E-state index in [1.165, 1.54) is 29.5 Å². The Bertz CT molecular complexity index is 2030. The van der Waals surface area contributed by atoms with Crippen LogP contribution in [-0.4, -0.2) is 171 Å². The van der Waals surface area contributed by atoms with Crippen molar-refractivity contribution in [2.24, 2.45) is 0 Å². The van der Waals surface area contributed by atoms with Gasteiger partial charge in [-0.1, -0.05) is 0 Å². The van der Waals surface area contributed by atoms with Crippen molar-refractivity contribution in [1.29, 1.82) is 0 Å². The second-order valence-electron chi connectivity index (χ2n) is 14.7. The zero-order chi connectivity index (χ0) is 42.8. The van der Waals surface area contributed by atoms with E-state index in [1.54, 1.807) is 6.07 Å². The second-order valence-corrected chi connectivity index (χ2v) is 14.7. The zero-order valence-corrected chi connectivity index (χ0v) is 35.3. The highest BCUT2D eigenvalue weighted by Gasteiger charge is 2.26. The minimum atomic E-state index is -0.311. The number of rotatable bonds is 29. The lowest BCUT2D eigenvalue weighted by molar-refractivity contribution is -0.137. The molecule has 5 heterocycles. The van der Waals surface area contributed by atoms with E-state index in [1.807, 2.05) is 12.1 Å². The molecule has 0 atom stereocenters. The molecule has 0 aliphatic carbocycles. The quantitative estimate of drug-likeness (QED) is 0.0578. The molecule has 338 valence electrons.